The van der Waals surface area contributed by atoms with Gasteiger partial charge in [0.05, 0.1) is 23.8 Å². The van der Waals surface area contributed by atoms with E-state index < -0.39 is 24.0 Å². The van der Waals surface area contributed by atoms with Crippen LogP contribution in [-0.2, 0) is 16.1 Å². The number of aryl methyl sites for hydroxylation is 2. The molecule has 3 N–H and O–H groups in total. The van der Waals surface area contributed by atoms with E-state index >= 15 is 0 Å². The zero-order valence-electron chi connectivity index (χ0n) is 13.4. The van der Waals surface area contributed by atoms with E-state index in [1.165, 1.54) is 10.9 Å². The molecule has 0 aliphatic carbocycles. The summed E-state index contributed by atoms with van der Waals surface area (Å²) < 4.78 is 1.33. The number of carbonyl (C=O) groups is 2. The second-order valence-corrected chi connectivity index (χ2v) is 5.82. The van der Waals surface area contributed by atoms with Crippen molar-refractivity contribution in [2.24, 2.45) is 0 Å². The predicted octanol–water partition coefficient (Wildman–Crippen LogP) is 0.0468. The van der Waals surface area contributed by atoms with Crippen LogP contribution in [0.5, 0.6) is 0 Å². The minimum atomic E-state index is -2.03. The molecule has 1 atom stereocenters. The van der Waals surface area contributed by atoms with Crippen molar-refractivity contribution in [2.75, 3.05) is 6.54 Å². The summed E-state index contributed by atoms with van der Waals surface area (Å²) in [4.78, 5) is 39.1. The van der Waals surface area contributed by atoms with Crippen molar-refractivity contribution in [3.63, 3.8) is 0 Å². The molecular formula is C16H19N3O5. The van der Waals surface area contributed by atoms with Crippen LogP contribution in [0.25, 0.3) is 10.9 Å². The fraction of sp³-hybridized carbons (Fsp3) is 0.375. The molecule has 2 rings (SSSR count). The number of aromatic nitrogens is 2. The lowest BCUT2D eigenvalue weighted by Crippen LogP contribution is -2.46. The fourth-order valence-corrected chi connectivity index (χ4v) is 2.15. The highest BCUT2D eigenvalue weighted by molar-refractivity contribution is 5.81. The van der Waals surface area contributed by atoms with Gasteiger partial charge in [-0.25, -0.2) is 9.78 Å². The van der Waals surface area contributed by atoms with Gasteiger partial charge in [0.25, 0.3) is 5.56 Å². The SMILES string of the molecule is Cc1cccc2c(=O)n(CCC(=O)NCC(C)(O)C(=O)O)cnc12. The molecule has 1 heterocycles. The zero-order valence-corrected chi connectivity index (χ0v) is 13.4. The topological polar surface area (TPSA) is 122 Å². The molecule has 0 aliphatic rings. The zero-order chi connectivity index (χ0) is 17.9. The maximum absolute atomic E-state index is 12.4. The van der Waals surface area contributed by atoms with E-state index in [4.69, 9.17) is 5.11 Å². The number of carbonyl (C=O) groups excluding carboxylic acids is 1. The first-order valence-corrected chi connectivity index (χ1v) is 7.39. The first-order chi connectivity index (χ1) is 11.2. The number of hydrogen-bond donors (Lipinski definition) is 3. The third-order valence-corrected chi connectivity index (χ3v) is 3.73. The lowest BCUT2D eigenvalue weighted by atomic mass is 10.1. The van der Waals surface area contributed by atoms with Gasteiger partial charge < -0.3 is 15.5 Å². The number of fused-ring (bicyclic) bond motifs is 1. The second kappa shape index (κ2) is 6.79. The highest BCUT2D eigenvalue weighted by atomic mass is 16.4. The van der Waals surface area contributed by atoms with Crippen LogP contribution in [0.1, 0.15) is 18.9 Å². The Kier molecular flexibility index (Phi) is 4.99. The third-order valence-electron chi connectivity index (χ3n) is 3.73. The number of carboxylic acids is 1. The number of rotatable bonds is 6. The number of nitrogens with zero attached hydrogens (tertiary/aromatic N) is 2. The third kappa shape index (κ3) is 3.77. The maximum Gasteiger partial charge on any atom is 0.337 e. The average Bonchev–Trinajstić information content (AvgIpc) is 2.53. The van der Waals surface area contributed by atoms with Crippen LogP contribution in [0.3, 0.4) is 0 Å². The summed E-state index contributed by atoms with van der Waals surface area (Å²) in [5.74, 6) is -1.89. The normalized spacial score (nSPS) is 13.5. The van der Waals surface area contributed by atoms with Gasteiger partial charge in [0, 0.05) is 13.0 Å². The molecule has 0 aliphatic heterocycles. The smallest absolute Gasteiger partial charge is 0.337 e. The van der Waals surface area contributed by atoms with E-state index in [9.17, 15) is 19.5 Å². The molecule has 1 amide bonds. The van der Waals surface area contributed by atoms with E-state index in [0.29, 0.717) is 10.9 Å². The predicted molar refractivity (Wildman–Crippen MR) is 86.6 cm³/mol. The number of aliphatic hydroxyl groups is 1. The highest BCUT2D eigenvalue weighted by Crippen LogP contribution is 2.11. The summed E-state index contributed by atoms with van der Waals surface area (Å²) in [5, 5.41) is 21.1. The monoisotopic (exact) mass is 333 g/mol. The summed E-state index contributed by atoms with van der Waals surface area (Å²) in [6, 6.07) is 5.31. The standard InChI is InChI=1S/C16H19N3O5/c1-10-4-3-5-11-13(10)18-9-19(14(11)21)7-6-12(20)17-8-16(2,24)15(22)23/h3-5,9,24H,6-8H2,1-2H3,(H,17,20)(H,22,23). The molecule has 0 saturated heterocycles. The molecule has 0 spiro atoms. The molecule has 24 heavy (non-hydrogen) atoms. The summed E-state index contributed by atoms with van der Waals surface area (Å²) in [6.45, 7) is 2.65. The molecule has 0 bridgehead atoms. The Morgan fingerprint density at radius 1 is 1.38 bits per heavy atom. The van der Waals surface area contributed by atoms with Gasteiger partial charge in [-0.3, -0.25) is 14.2 Å². The number of nitrogens with one attached hydrogen (secondary N) is 1. The van der Waals surface area contributed by atoms with Gasteiger partial charge in [0.1, 0.15) is 0 Å². The number of hydrogen-bond acceptors (Lipinski definition) is 5. The summed E-state index contributed by atoms with van der Waals surface area (Å²) in [6.07, 6.45) is 1.35. The first-order valence-electron chi connectivity index (χ1n) is 7.39. The molecule has 2 aromatic rings. The van der Waals surface area contributed by atoms with E-state index in [0.717, 1.165) is 12.5 Å². The molecule has 0 radical (unpaired) electrons. The van der Waals surface area contributed by atoms with Gasteiger partial charge in [-0.15, -0.1) is 0 Å². The molecular weight excluding hydrogens is 314 g/mol. The maximum atomic E-state index is 12.4. The minimum Gasteiger partial charge on any atom is -0.479 e. The Hall–Kier alpha value is -2.74. The van der Waals surface area contributed by atoms with Crippen molar-refractivity contribution in [1.29, 1.82) is 0 Å². The van der Waals surface area contributed by atoms with Crippen molar-refractivity contribution in [3.8, 4) is 0 Å². The molecule has 8 nitrogen and oxygen atoms in total. The lowest BCUT2D eigenvalue weighted by Gasteiger charge is -2.18. The number of carboxylic acid groups (broad SMARTS) is 1. The molecule has 0 saturated carbocycles. The Morgan fingerprint density at radius 3 is 2.75 bits per heavy atom. The largest absolute Gasteiger partial charge is 0.479 e. The van der Waals surface area contributed by atoms with Crippen molar-refractivity contribution < 1.29 is 19.8 Å². The van der Waals surface area contributed by atoms with Crippen LogP contribution in [0, 0.1) is 6.92 Å². The van der Waals surface area contributed by atoms with E-state index in [2.05, 4.69) is 10.3 Å². The van der Waals surface area contributed by atoms with Crippen molar-refractivity contribution >= 4 is 22.8 Å². The molecule has 1 aromatic carbocycles. The average molecular weight is 333 g/mol. The fourth-order valence-electron chi connectivity index (χ4n) is 2.15. The number of benzene rings is 1. The molecule has 128 valence electrons. The van der Waals surface area contributed by atoms with Crippen LogP contribution in [0.4, 0.5) is 0 Å². The van der Waals surface area contributed by atoms with Crippen molar-refractivity contribution in [3.05, 3.63) is 40.4 Å². The quantitative estimate of drug-likeness (QED) is 0.686. The van der Waals surface area contributed by atoms with Gasteiger partial charge in [-0.2, -0.15) is 0 Å². The Morgan fingerprint density at radius 2 is 2.08 bits per heavy atom. The Bertz CT molecular complexity index is 841. The van der Waals surface area contributed by atoms with Gasteiger partial charge in [-0.05, 0) is 25.5 Å². The minimum absolute atomic E-state index is 0.0331. The summed E-state index contributed by atoms with van der Waals surface area (Å²) in [7, 11) is 0. The molecule has 8 heteroatoms. The van der Waals surface area contributed by atoms with E-state index in [1.54, 1.807) is 12.1 Å². The first kappa shape index (κ1) is 17.6. The van der Waals surface area contributed by atoms with Crippen LogP contribution in [0.2, 0.25) is 0 Å². The Labute approximate surface area is 137 Å². The van der Waals surface area contributed by atoms with Crippen LogP contribution in [0.15, 0.2) is 29.3 Å². The number of para-hydroxylation sites is 1. The van der Waals surface area contributed by atoms with Gasteiger partial charge in [0.2, 0.25) is 5.91 Å². The molecule has 1 unspecified atom stereocenters. The molecule has 1 aromatic heterocycles. The summed E-state index contributed by atoms with van der Waals surface area (Å²) >= 11 is 0. The summed E-state index contributed by atoms with van der Waals surface area (Å²) in [5.41, 5.74) is -0.755. The molecule has 0 fully saturated rings. The highest BCUT2D eigenvalue weighted by Gasteiger charge is 2.30. The van der Waals surface area contributed by atoms with Crippen LogP contribution in [-0.4, -0.2) is 43.8 Å². The van der Waals surface area contributed by atoms with Crippen LogP contribution < -0.4 is 10.9 Å². The van der Waals surface area contributed by atoms with Gasteiger partial charge in [0.15, 0.2) is 5.60 Å². The van der Waals surface area contributed by atoms with Crippen LogP contribution >= 0.6 is 0 Å². The number of amides is 1. The van der Waals surface area contributed by atoms with E-state index in [1.807, 2.05) is 13.0 Å². The van der Waals surface area contributed by atoms with Gasteiger partial charge >= 0.3 is 5.97 Å². The van der Waals surface area contributed by atoms with E-state index in [-0.39, 0.29) is 18.5 Å². The van der Waals surface area contributed by atoms with Crippen molar-refractivity contribution in [2.45, 2.75) is 32.4 Å². The van der Waals surface area contributed by atoms with Crippen molar-refractivity contribution in [1.82, 2.24) is 14.9 Å². The lowest BCUT2D eigenvalue weighted by molar-refractivity contribution is -0.156. The number of aliphatic carboxylic acids is 1. The van der Waals surface area contributed by atoms with Gasteiger partial charge in [-0.1, -0.05) is 12.1 Å². The Balaban J connectivity index is 2.04. The second-order valence-electron chi connectivity index (χ2n) is 5.82.